The molecule has 2 rings (SSSR count). The van der Waals surface area contributed by atoms with Crippen LogP contribution in [0.25, 0.3) is 0 Å². The van der Waals surface area contributed by atoms with Crippen LogP contribution in [0.4, 0.5) is 8.78 Å². The number of fused-ring (bicyclic) bond motifs is 1. The van der Waals surface area contributed by atoms with E-state index in [-0.39, 0.29) is 23.1 Å². The third-order valence-corrected chi connectivity index (χ3v) is 2.92. The molecule has 1 nitrogen and oxygen atoms in total. The van der Waals surface area contributed by atoms with Gasteiger partial charge in [0.15, 0.2) is 0 Å². The fourth-order valence-corrected chi connectivity index (χ4v) is 2.37. The Hall–Kier alpha value is -0.960. The summed E-state index contributed by atoms with van der Waals surface area (Å²) >= 11 is 0. The van der Waals surface area contributed by atoms with Crippen molar-refractivity contribution in [3.63, 3.8) is 0 Å². The Balaban J connectivity index is 2.73. The van der Waals surface area contributed by atoms with Gasteiger partial charge in [-0.2, -0.15) is 0 Å². The first kappa shape index (κ1) is 9.59. The van der Waals surface area contributed by atoms with Gasteiger partial charge >= 0.3 is 0 Å². The van der Waals surface area contributed by atoms with Gasteiger partial charge in [0.25, 0.3) is 0 Å². The van der Waals surface area contributed by atoms with Crippen molar-refractivity contribution in [1.29, 1.82) is 0 Å². The number of hydrogen-bond acceptors (Lipinski definition) is 1. The van der Waals surface area contributed by atoms with Gasteiger partial charge < -0.3 is 5.73 Å². The van der Waals surface area contributed by atoms with Crippen molar-refractivity contribution in [1.82, 2.24) is 0 Å². The van der Waals surface area contributed by atoms with Crippen LogP contribution in [0.5, 0.6) is 0 Å². The van der Waals surface area contributed by atoms with E-state index >= 15 is 0 Å². The molecule has 1 aromatic rings. The first-order valence-electron chi connectivity index (χ1n) is 4.67. The summed E-state index contributed by atoms with van der Waals surface area (Å²) in [5.41, 5.74) is 6.23. The highest BCUT2D eigenvalue weighted by Crippen LogP contribution is 2.45. The van der Waals surface area contributed by atoms with Crippen LogP contribution in [0.3, 0.4) is 0 Å². The van der Waals surface area contributed by atoms with E-state index in [4.69, 9.17) is 5.73 Å². The summed E-state index contributed by atoms with van der Waals surface area (Å²) in [6, 6.07) is 1.94. The van der Waals surface area contributed by atoms with Crippen molar-refractivity contribution in [2.24, 2.45) is 5.73 Å². The number of hydrogen-bond donors (Lipinski definition) is 1. The second-order valence-corrected chi connectivity index (χ2v) is 4.51. The molecule has 0 amide bonds. The van der Waals surface area contributed by atoms with Gasteiger partial charge in [-0.05, 0) is 24.0 Å². The molecule has 0 heterocycles. The Kier molecular flexibility index (Phi) is 1.89. The summed E-state index contributed by atoms with van der Waals surface area (Å²) in [6.45, 7) is 3.78. The minimum absolute atomic E-state index is 0.348. The second kappa shape index (κ2) is 2.76. The second-order valence-electron chi connectivity index (χ2n) is 4.51. The molecule has 0 aromatic heterocycles. The molecule has 0 bridgehead atoms. The smallest absolute Gasteiger partial charge is 0.128 e. The Labute approximate surface area is 81.9 Å². The van der Waals surface area contributed by atoms with Crippen molar-refractivity contribution in [3.8, 4) is 0 Å². The lowest BCUT2D eigenvalue weighted by molar-refractivity contribution is 0.461. The van der Waals surface area contributed by atoms with Gasteiger partial charge in [-0.25, -0.2) is 8.78 Å². The number of rotatable bonds is 0. The average Bonchev–Trinajstić information content (AvgIpc) is 2.30. The summed E-state index contributed by atoms with van der Waals surface area (Å²) in [7, 11) is 0. The molecule has 0 saturated carbocycles. The summed E-state index contributed by atoms with van der Waals surface area (Å²) in [5, 5.41) is 0. The van der Waals surface area contributed by atoms with E-state index in [9.17, 15) is 8.78 Å². The van der Waals surface area contributed by atoms with Gasteiger partial charge in [0, 0.05) is 17.2 Å². The lowest BCUT2D eigenvalue weighted by Crippen LogP contribution is -2.15. The molecule has 1 atom stereocenters. The molecule has 1 aliphatic carbocycles. The van der Waals surface area contributed by atoms with Crippen molar-refractivity contribution < 1.29 is 8.78 Å². The lowest BCUT2D eigenvalue weighted by Gasteiger charge is -2.19. The molecule has 0 aliphatic heterocycles. The summed E-state index contributed by atoms with van der Waals surface area (Å²) in [5.74, 6) is -0.737. The third-order valence-electron chi connectivity index (χ3n) is 2.92. The molecule has 2 N–H and O–H groups in total. The highest BCUT2D eigenvalue weighted by Gasteiger charge is 2.39. The molecule has 0 fully saturated rings. The average molecular weight is 197 g/mol. The van der Waals surface area contributed by atoms with Crippen molar-refractivity contribution in [2.75, 3.05) is 0 Å². The monoisotopic (exact) mass is 197 g/mol. The fraction of sp³-hybridized carbons (Fsp3) is 0.455. The van der Waals surface area contributed by atoms with E-state index in [2.05, 4.69) is 0 Å². The molecule has 0 radical (unpaired) electrons. The number of nitrogens with two attached hydrogens (primary N) is 1. The summed E-state index contributed by atoms with van der Waals surface area (Å²) < 4.78 is 26.9. The predicted octanol–water partition coefficient (Wildman–Crippen LogP) is 2.65. The van der Waals surface area contributed by atoms with Gasteiger partial charge in [0.2, 0.25) is 0 Å². The van der Waals surface area contributed by atoms with Crippen LogP contribution in [-0.4, -0.2) is 0 Å². The maximum absolute atomic E-state index is 13.5. The van der Waals surface area contributed by atoms with Gasteiger partial charge in [-0.15, -0.1) is 0 Å². The molecule has 1 aliphatic rings. The molecule has 0 unspecified atom stereocenters. The molecular weight excluding hydrogens is 184 g/mol. The lowest BCUT2D eigenvalue weighted by atomic mass is 9.86. The zero-order valence-electron chi connectivity index (χ0n) is 8.27. The minimum Gasteiger partial charge on any atom is -0.324 e. The van der Waals surface area contributed by atoms with Gasteiger partial charge in [-0.3, -0.25) is 0 Å². The van der Waals surface area contributed by atoms with Crippen LogP contribution in [-0.2, 0) is 5.41 Å². The molecule has 0 spiro atoms. The fourth-order valence-electron chi connectivity index (χ4n) is 2.37. The van der Waals surface area contributed by atoms with E-state index in [1.165, 1.54) is 6.07 Å². The molecule has 0 saturated heterocycles. The molecular formula is C11H13F2N. The highest BCUT2D eigenvalue weighted by atomic mass is 19.1. The quantitative estimate of drug-likeness (QED) is 0.679. The number of benzene rings is 1. The molecule has 1 aromatic carbocycles. The number of halogens is 2. The van der Waals surface area contributed by atoms with E-state index < -0.39 is 0 Å². The standard InChI is InChI=1S/C11H13F2N/c1-11(2)5-8(14)9-6(12)3-4-7(13)10(9)11/h3-4,8H,5,14H2,1-2H3/t8-/m1/s1. The predicted molar refractivity (Wildman–Crippen MR) is 50.9 cm³/mol. The van der Waals surface area contributed by atoms with Gasteiger partial charge in [0.05, 0.1) is 0 Å². The van der Waals surface area contributed by atoms with Crippen LogP contribution in [0, 0.1) is 11.6 Å². The van der Waals surface area contributed by atoms with E-state index in [1.807, 2.05) is 13.8 Å². The summed E-state index contributed by atoms with van der Waals surface area (Å²) in [6.07, 6.45) is 0.597. The van der Waals surface area contributed by atoms with Crippen LogP contribution in [0.15, 0.2) is 12.1 Å². The Morgan fingerprint density at radius 2 is 1.86 bits per heavy atom. The Bertz CT molecular complexity index is 385. The third kappa shape index (κ3) is 1.16. The van der Waals surface area contributed by atoms with Crippen LogP contribution in [0.1, 0.15) is 37.4 Å². The zero-order chi connectivity index (χ0) is 10.5. The van der Waals surface area contributed by atoms with Crippen molar-refractivity contribution in [2.45, 2.75) is 31.7 Å². The topological polar surface area (TPSA) is 26.0 Å². The maximum atomic E-state index is 13.5. The first-order valence-corrected chi connectivity index (χ1v) is 4.67. The van der Waals surface area contributed by atoms with Crippen LogP contribution >= 0.6 is 0 Å². The largest absolute Gasteiger partial charge is 0.324 e. The van der Waals surface area contributed by atoms with Crippen LogP contribution < -0.4 is 5.73 Å². The van der Waals surface area contributed by atoms with E-state index in [1.54, 1.807) is 0 Å². The van der Waals surface area contributed by atoms with Crippen molar-refractivity contribution in [3.05, 3.63) is 34.9 Å². The zero-order valence-corrected chi connectivity index (χ0v) is 8.27. The molecule has 14 heavy (non-hydrogen) atoms. The maximum Gasteiger partial charge on any atom is 0.128 e. The highest BCUT2D eigenvalue weighted by molar-refractivity contribution is 5.42. The van der Waals surface area contributed by atoms with E-state index in [0.717, 1.165) is 6.07 Å². The van der Waals surface area contributed by atoms with Crippen LogP contribution in [0.2, 0.25) is 0 Å². The SMILES string of the molecule is CC1(C)C[C@@H](N)c2c(F)ccc(F)c21. The van der Waals surface area contributed by atoms with Gasteiger partial charge in [-0.1, -0.05) is 13.8 Å². The Morgan fingerprint density at radius 3 is 2.43 bits per heavy atom. The molecule has 76 valence electrons. The van der Waals surface area contributed by atoms with Gasteiger partial charge in [0.1, 0.15) is 11.6 Å². The van der Waals surface area contributed by atoms with Crippen molar-refractivity contribution >= 4 is 0 Å². The summed E-state index contributed by atoms with van der Waals surface area (Å²) in [4.78, 5) is 0. The molecule has 3 heteroatoms. The normalized spacial score (nSPS) is 23.6. The van der Waals surface area contributed by atoms with E-state index in [0.29, 0.717) is 17.5 Å². The first-order chi connectivity index (χ1) is 6.43. The minimum atomic E-state index is -0.389. The Morgan fingerprint density at radius 1 is 1.29 bits per heavy atom.